The molecule has 0 aromatic heterocycles. The molecule has 117 heavy (non-hydrogen) atoms. The van der Waals surface area contributed by atoms with Crippen molar-refractivity contribution < 1.29 is 149 Å². The quantitative estimate of drug-likeness (QED) is 0.0215. The van der Waals surface area contributed by atoms with Gasteiger partial charge < -0.3 is 138 Å². The molecule has 3 rings (SSSR count). The van der Waals surface area contributed by atoms with E-state index in [1.807, 2.05) is 13.8 Å². The lowest BCUT2D eigenvalue weighted by Crippen LogP contribution is -2.64. The highest BCUT2D eigenvalue weighted by atomic mass is 31.2. The molecule has 0 radical (unpaired) electrons. The molecular formula is C76H160N11O29P. The third-order valence-electron chi connectivity index (χ3n) is 19.1. The summed E-state index contributed by atoms with van der Waals surface area (Å²) in [5.74, 6) is -4.24. The van der Waals surface area contributed by atoms with E-state index in [4.69, 9.17) is 43.8 Å². The number of unbranched alkanes of at least 4 members (excludes halogenated alkanes) is 10. The minimum Gasteiger partial charge on any atom is -0.394 e. The Morgan fingerprint density at radius 3 is 1.20 bits per heavy atom. The van der Waals surface area contributed by atoms with Gasteiger partial charge in [0.25, 0.3) is 0 Å². The van der Waals surface area contributed by atoms with Crippen molar-refractivity contribution in [1.29, 1.82) is 0 Å². The van der Waals surface area contributed by atoms with Crippen molar-refractivity contribution in [2.75, 3.05) is 133 Å². The molecule has 3 fully saturated rings. The standard InChI is InChI=1S/C66H120N10O25.C7H18NO4P.C2H6.CH4.6H2/c1-42-57(88)59(90)46(38-77)99-64(42)96-33-13-5-8-21-49(81)68-27-17-30-71-54(86)36-76(37-55(87)72-31-18-28-69-50(82)23-10-7-15-35-98-66-56(75-44(3)80)62(93)61(92)48(40-79)101-66)45(20-11-12-26-67-52(84)24-16-25-53(85)74-41-95-4)63(94)73-32-19-29-70-51(83)22-9-6-14-34-97-65-43(2)58(89)60(91)47(39-78)100-65;1-11-13(9,10)12-7-5-3-2-4-6-8;1-2;;;;;;;/h42-43,45-48,56-62,64-66,77-79,88-93H,5-41H2,1-4H3,(H,67,84)(H,68,81)(H,69,82)(H,70,83)(H,71,86)(H,72,87)(H,73,94)(H,74,85)(H,75,80);2-8H2,1H3,(H,9,10);1-2H3;1H4;6*1H/t42-,43-,45?,46?,47?,48?,56-,57-,58-,59?,60?,61?,62-,64+,65+,66+;;;;;;;;;/m0........./s1. The van der Waals surface area contributed by atoms with E-state index in [1.54, 1.807) is 13.8 Å². The summed E-state index contributed by atoms with van der Waals surface area (Å²) < 4.78 is 58.5. The number of aliphatic hydroxyl groups is 9. The normalized spacial score (nSPS) is 23.6. The number of ether oxygens (including phenoxy) is 7. The summed E-state index contributed by atoms with van der Waals surface area (Å²) in [5, 5.41) is 115. The van der Waals surface area contributed by atoms with Gasteiger partial charge in [-0.3, -0.25) is 57.1 Å². The zero-order valence-electron chi connectivity index (χ0n) is 69.3. The van der Waals surface area contributed by atoms with Gasteiger partial charge in [0, 0.05) is 139 Å². The summed E-state index contributed by atoms with van der Waals surface area (Å²) in [6.45, 7) is 9.19. The maximum Gasteiger partial charge on any atom is 0.471 e. The molecule has 3 aliphatic rings. The number of methoxy groups -OCH3 is 1. The Kier molecular flexibility index (Phi) is 65.1. The van der Waals surface area contributed by atoms with Crippen LogP contribution in [0.1, 0.15) is 211 Å². The van der Waals surface area contributed by atoms with Crippen LogP contribution in [0.2, 0.25) is 0 Å². The summed E-state index contributed by atoms with van der Waals surface area (Å²) in [7, 11) is -1.17. The van der Waals surface area contributed by atoms with Gasteiger partial charge >= 0.3 is 7.82 Å². The van der Waals surface area contributed by atoms with Crippen LogP contribution in [0.25, 0.3) is 0 Å². The Hall–Kier alpha value is -5.38. The van der Waals surface area contributed by atoms with Crippen LogP contribution >= 0.6 is 7.82 Å². The van der Waals surface area contributed by atoms with E-state index in [-0.39, 0.29) is 163 Å². The lowest BCUT2D eigenvalue weighted by Gasteiger charge is -2.42. The van der Waals surface area contributed by atoms with Crippen LogP contribution in [-0.4, -0.2) is 327 Å². The number of nitrogens with one attached hydrogen (secondary N) is 9. The number of phosphoric ester groups is 1. The molecule has 0 aliphatic carbocycles. The molecule has 0 bridgehead atoms. The maximum absolute atomic E-state index is 14.3. The van der Waals surface area contributed by atoms with Crippen molar-refractivity contribution in [1.82, 2.24) is 52.8 Å². The summed E-state index contributed by atoms with van der Waals surface area (Å²) in [6, 6.07) is -2.12. The fraction of sp³-hybridized carbons (Fsp3) is 0.882. The molecule has 3 aliphatic heterocycles. The summed E-state index contributed by atoms with van der Waals surface area (Å²) in [5.41, 5.74) is 5.30. The fourth-order valence-corrected chi connectivity index (χ4v) is 12.7. The minimum absolute atomic E-state index is 0. The van der Waals surface area contributed by atoms with E-state index in [0.29, 0.717) is 103 Å². The van der Waals surface area contributed by atoms with E-state index >= 15 is 0 Å². The third-order valence-corrected chi connectivity index (χ3v) is 20.0. The number of nitrogens with zero attached hydrogens (tertiary/aromatic N) is 1. The van der Waals surface area contributed by atoms with Crippen molar-refractivity contribution in [2.24, 2.45) is 17.6 Å². The van der Waals surface area contributed by atoms with Crippen LogP contribution in [0.4, 0.5) is 0 Å². The molecule has 21 N–H and O–H groups in total. The molecule has 0 aromatic carbocycles. The average Bonchev–Trinajstić information content (AvgIpc) is 0.821. The van der Waals surface area contributed by atoms with E-state index < -0.39 is 162 Å². The van der Waals surface area contributed by atoms with Crippen LogP contribution in [-0.2, 0) is 89.9 Å². The number of hydrogen-bond acceptors (Lipinski definition) is 30. The van der Waals surface area contributed by atoms with E-state index in [1.165, 1.54) is 18.9 Å². The number of carbonyl (C=O) groups excluding carboxylic acids is 9. The first-order valence-electron chi connectivity index (χ1n) is 41.2. The molecule has 0 spiro atoms. The van der Waals surface area contributed by atoms with Crippen molar-refractivity contribution >= 4 is 61.0 Å². The molecule has 3 saturated heterocycles. The van der Waals surface area contributed by atoms with Crippen molar-refractivity contribution in [2.45, 2.75) is 288 Å². The Bertz CT molecular complexity index is 2760. The van der Waals surface area contributed by atoms with Gasteiger partial charge in [0.2, 0.25) is 53.2 Å². The molecule has 17 atom stereocenters. The molecule has 40 nitrogen and oxygen atoms in total. The van der Waals surface area contributed by atoms with E-state index in [9.17, 15) is 93.7 Å². The average molecular weight is 1720 g/mol. The second kappa shape index (κ2) is 68.2. The Labute approximate surface area is 699 Å². The molecule has 8 unspecified atom stereocenters. The number of amides is 9. The van der Waals surface area contributed by atoms with Crippen LogP contribution in [0.3, 0.4) is 0 Å². The number of nitrogens with two attached hydrogens (primary N) is 1. The summed E-state index contributed by atoms with van der Waals surface area (Å²) in [4.78, 5) is 127. The molecule has 3 heterocycles. The molecule has 0 saturated carbocycles. The molecule has 41 heteroatoms. The second-order valence-corrected chi connectivity index (χ2v) is 30.1. The lowest BCUT2D eigenvalue weighted by molar-refractivity contribution is -0.282. The van der Waals surface area contributed by atoms with E-state index in [2.05, 4.69) is 56.9 Å². The first kappa shape index (κ1) is 112. The Morgan fingerprint density at radius 2 is 0.795 bits per heavy atom. The van der Waals surface area contributed by atoms with Crippen LogP contribution < -0.4 is 53.6 Å². The number of carbonyl (C=O) groups is 9. The van der Waals surface area contributed by atoms with Gasteiger partial charge in [0.05, 0.1) is 57.8 Å². The van der Waals surface area contributed by atoms with Gasteiger partial charge in [-0.1, -0.05) is 67.2 Å². The fourth-order valence-electron chi connectivity index (χ4n) is 12.2. The van der Waals surface area contributed by atoms with Gasteiger partial charge in [-0.25, -0.2) is 4.57 Å². The van der Waals surface area contributed by atoms with Crippen LogP contribution in [0.5, 0.6) is 0 Å². The molecule has 0 aromatic rings. The highest BCUT2D eigenvalue weighted by Crippen LogP contribution is 2.42. The Morgan fingerprint density at radius 1 is 0.444 bits per heavy atom. The van der Waals surface area contributed by atoms with Gasteiger partial charge in [-0.15, -0.1) is 0 Å². The molecular weight excluding hydrogens is 1560 g/mol. The predicted molar refractivity (Wildman–Crippen MR) is 442 cm³/mol. The first-order valence-corrected chi connectivity index (χ1v) is 42.7. The first-order chi connectivity index (χ1) is 55.6. The van der Waals surface area contributed by atoms with Crippen LogP contribution in [0.15, 0.2) is 0 Å². The maximum atomic E-state index is 14.3. The van der Waals surface area contributed by atoms with Gasteiger partial charge in [0.15, 0.2) is 18.9 Å². The third kappa shape index (κ3) is 50.0. The monoisotopic (exact) mass is 1720 g/mol. The molecule has 698 valence electrons. The lowest BCUT2D eigenvalue weighted by atomic mass is 9.92. The van der Waals surface area contributed by atoms with Crippen LogP contribution in [0, 0.1) is 11.8 Å². The topological polar surface area (TPSA) is 594 Å². The molecule has 9 amide bonds. The number of rotatable bonds is 62. The predicted octanol–water partition coefficient (Wildman–Crippen LogP) is -0.0665. The largest absolute Gasteiger partial charge is 0.471 e. The zero-order valence-corrected chi connectivity index (χ0v) is 70.2. The summed E-state index contributed by atoms with van der Waals surface area (Å²) >= 11 is 0. The van der Waals surface area contributed by atoms with Gasteiger partial charge in [-0.05, 0) is 103 Å². The van der Waals surface area contributed by atoms with Crippen molar-refractivity contribution in [3.05, 3.63) is 0 Å². The van der Waals surface area contributed by atoms with Gasteiger partial charge in [0.1, 0.15) is 55.5 Å². The van der Waals surface area contributed by atoms with Crippen molar-refractivity contribution in [3.8, 4) is 0 Å². The second-order valence-electron chi connectivity index (χ2n) is 28.6. The Balaban J connectivity index is -0.00000111. The van der Waals surface area contributed by atoms with Gasteiger partial charge in [-0.2, -0.15) is 0 Å². The highest BCUT2D eigenvalue weighted by Gasteiger charge is 2.46. The number of hydrogen-bond donors (Lipinski definition) is 20. The number of aliphatic hydroxyl groups excluding tert-OH is 9. The zero-order chi connectivity index (χ0) is 86.6. The summed E-state index contributed by atoms with van der Waals surface area (Å²) in [6.07, 6.45) is -1.51. The van der Waals surface area contributed by atoms with E-state index in [0.717, 1.165) is 32.8 Å². The van der Waals surface area contributed by atoms with Crippen molar-refractivity contribution in [3.63, 3.8) is 0 Å². The minimum atomic E-state index is -3.75. The highest BCUT2D eigenvalue weighted by molar-refractivity contribution is 7.47. The smallest absolute Gasteiger partial charge is 0.394 e. The number of phosphoric acid groups is 1. The SMILES string of the molecule is C.CC.COCNC(=O)CCCC(=O)NCCCCC(C(=O)NCCCNC(=O)CCCCCO[C@@H]1OC(CO)C(O)[C@@H](O)[C@@H]1C)N(CC(=O)NCCCNC(=O)CCCCCO[C@@H]1OC(CO)C(O)[C@@H](O)[C@@H]1C)CC(=O)NCCCNC(=O)CCCCCO[C@@H]1OC(CO)C(O)[C@@H](O)[C@@H]1NC(C)=O.COP(=O)(O)OCCCCCCN.[HH].[HH].[HH].[HH].[HH].[HH].